The Hall–Kier alpha value is 0.250. The molecule has 0 heterocycles. The molecule has 7 heteroatoms. The van der Waals surface area contributed by atoms with E-state index in [1.807, 2.05) is 6.26 Å². The lowest BCUT2D eigenvalue weighted by molar-refractivity contribution is 0.578. The third kappa shape index (κ3) is 5.09. The molecule has 0 aromatic heterocycles. The van der Waals surface area contributed by atoms with Gasteiger partial charge in [-0.3, -0.25) is 0 Å². The number of benzene rings is 1. The molecule has 3 nitrogen and oxygen atoms in total. The third-order valence-corrected chi connectivity index (χ3v) is 5.64. The first-order valence-corrected chi connectivity index (χ1v) is 9.46. The number of hydrogen-bond donors (Lipinski definition) is 1. The molecule has 0 unspecified atom stereocenters. The zero-order valence-corrected chi connectivity index (χ0v) is 13.9. The number of sulfonamides is 1. The average Bonchev–Trinajstić information content (AvgIpc) is 2.32. The van der Waals surface area contributed by atoms with Crippen molar-refractivity contribution in [1.82, 2.24) is 4.72 Å². The quantitative estimate of drug-likeness (QED) is 0.745. The van der Waals surface area contributed by atoms with E-state index in [-0.39, 0.29) is 4.90 Å². The molecular formula is C11H15BrClNO2S2. The van der Waals surface area contributed by atoms with Gasteiger partial charge < -0.3 is 0 Å². The van der Waals surface area contributed by atoms with E-state index in [0.717, 1.165) is 18.6 Å². The lowest BCUT2D eigenvalue weighted by Gasteiger charge is -2.07. The second-order valence-corrected chi connectivity index (χ2v) is 7.69. The van der Waals surface area contributed by atoms with Crippen LogP contribution in [-0.2, 0) is 10.0 Å². The monoisotopic (exact) mass is 371 g/mol. The van der Waals surface area contributed by atoms with Crippen molar-refractivity contribution < 1.29 is 8.42 Å². The molecule has 18 heavy (non-hydrogen) atoms. The Morgan fingerprint density at radius 1 is 1.39 bits per heavy atom. The van der Waals surface area contributed by atoms with E-state index in [0.29, 0.717) is 16.0 Å². The number of thioether (sulfide) groups is 1. The van der Waals surface area contributed by atoms with Gasteiger partial charge in [0.05, 0.1) is 9.92 Å². The van der Waals surface area contributed by atoms with Crippen molar-refractivity contribution in [3.63, 3.8) is 0 Å². The number of halogens is 2. The number of unbranched alkanes of at least 4 members (excludes halogenated alkanes) is 1. The van der Waals surface area contributed by atoms with Gasteiger partial charge in [0, 0.05) is 11.0 Å². The zero-order chi connectivity index (χ0) is 13.6. The van der Waals surface area contributed by atoms with Crippen molar-refractivity contribution >= 4 is 49.3 Å². The van der Waals surface area contributed by atoms with Crippen LogP contribution in [0, 0.1) is 0 Å². The Bertz CT molecular complexity index is 494. The van der Waals surface area contributed by atoms with Crippen LogP contribution in [0.1, 0.15) is 12.8 Å². The highest BCUT2D eigenvalue weighted by Gasteiger charge is 2.14. The van der Waals surface area contributed by atoms with Crippen molar-refractivity contribution in [2.45, 2.75) is 17.7 Å². The molecule has 1 rings (SSSR count). The minimum atomic E-state index is -3.43. The minimum absolute atomic E-state index is 0.226. The molecular weight excluding hydrogens is 358 g/mol. The molecule has 0 aliphatic rings. The molecule has 0 saturated carbocycles. The van der Waals surface area contributed by atoms with E-state index < -0.39 is 10.0 Å². The smallest absolute Gasteiger partial charge is 0.211 e. The summed E-state index contributed by atoms with van der Waals surface area (Å²) in [4.78, 5) is 0.226. The molecule has 102 valence electrons. The van der Waals surface area contributed by atoms with Gasteiger partial charge in [0.2, 0.25) is 10.0 Å². The van der Waals surface area contributed by atoms with Gasteiger partial charge in [0.25, 0.3) is 0 Å². The molecule has 0 spiro atoms. The highest BCUT2D eigenvalue weighted by atomic mass is 79.9. The number of rotatable bonds is 7. The topological polar surface area (TPSA) is 46.2 Å². The van der Waals surface area contributed by atoms with Crippen LogP contribution >= 0.6 is 39.3 Å². The normalized spacial score (nSPS) is 11.7. The summed E-state index contributed by atoms with van der Waals surface area (Å²) in [6, 6.07) is 4.57. The standard InChI is InChI=1S/C11H15BrClNO2S2/c1-17-7-3-2-6-14-18(15,16)9-4-5-11(13)10(12)8-9/h4-5,8,14H,2-3,6-7H2,1H3. The zero-order valence-electron chi connectivity index (χ0n) is 9.95. The molecule has 0 fully saturated rings. The van der Waals surface area contributed by atoms with Gasteiger partial charge in [-0.25, -0.2) is 13.1 Å². The summed E-state index contributed by atoms with van der Waals surface area (Å²) >= 11 is 10.8. The molecule has 0 aliphatic carbocycles. The van der Waals surface area contributed by atoms with E-state index in [2.05, 4.69) is 20.7 Å². The van der Waals surface area contributed by atoms with Crippen molar-refractivity contribution in [3.8, 4) is 0 Å². The van der Waals surface area contributed by atoms with Crippen LogP contribution in [0.4, 0.5) is 0 Å². The van der Waals surface area contributed by atoms with Gasteiger partial charge in [-0.1, -0.05) is 11.6 Å². The highest BCUT2D eigenvalue weighted by Crippen LogP contribution is 2.25. The summed E-state index contributed by atoms with van der Waals surface area (Å²) in [6.07, 6.45) is 3.89. The summed E-state index contributed by atoms with van der Waals surface area (Å²) in [6.45, 7) is 0.461. The maximum absolute atomic E-state index is 11.9. The summed E-state index contributed by atoms with van der Waals surface area (Å²) in [5.74, 6) is 1.05. The first kappa shape index (κ1) is 16.3. The lowest BCUT2D eigenvalue weighted by atomic mass is 10.3. The molecule has 0 saturated heterocycles. The van der Waals surface area contributed by atoms with Gasteiger partial charge in [0.1, 0.15) is 0 Å². The van der Waals surface area contributed by atoms with Crippen LogP contribution in [0.3, 0.4) is 0 Å². The molecule has 1 aromatic rings. The van der Waals surface area contributed by atoms with Crippen molar-refractivity contribution in [1.29, 1.82) is 0 Å². The maximum Gasteiger partial charge on any atom is 0.240 e. The molecule has 1 N–H and O–H groups in total. The van der Waals surface area contributed by atoms with Crippen LogP contribution in [0.5, 0.6) is 0 Å². The molecule has 0 amide bonds. The SMILES string of the molecule is CSCCCCNS(=O)(=O)c1ccc(Cl)c(Br)c1. The van der Waals surface area contributed by atoms with Gasteiger partial charge >= 0.3 is 0 Å². The predicted molar refractivity (Wildman–Crippen MR) is 82.0 cm³/mol. The fourth-order valence-electron chi connectivity index (χ4n) is 1.31. The second kappa shape index (κ2) is 7.75. The molecule has 1 aromatic carbocycles. The summed E-state index contributed by atoms with van der Waals surface area (Å²) in [7, 11) is -3.43. The van der Waals surface area contributed by atoms with E-state index in [9.17, 15) is 8.42 Å². The van der Waals surface area contributed by atoms with Crippen LogP contribution < -0.4 is 4.72 Å². The van der Waals surface area contributed by atoms with Crippen molar-refractivity contribution in [3.05, 3.63) is 27.7 Å². The Morgan fingerprint density at radius 3 is 2.72 bits per heavy atom. The van der Waals surface area contributed by atoms with Gasteiger partial charge in [0.15, 0.2) is 0 Å². The average molecular weight is 373 g/mol. The van der Waals surface area contributed by atoms with E-state index in [1.54, 1.807) is 17.8 Å². The maximum atomic E-state index is 11.9. The highest BCUT2D eigenvalue weighted by molar-refractivity contribution is 9.10. The lowest BCUT2D eigenvalue weighted by Crippen LogP contribution is -2.24. The van der Waals surface area contributed by atoms with E-state index in [1.165, 1.54) is 12.1 Å². The van der Waals surface area contributed by atoms with Crippen LogP contribution in [0.2, 0.25) is 5.02 Å². The predicted octanol–water partition coefficient (Wildman–Crippen LogP) is 3.52. The summed E-state index contributed by atoms with van der Waals surface area (Å²) < 4.78 is 27.1. The molecule has 0 radical (unpaired) electrons. The fourth-order valence-corrected chi connectivity index (χ4v) is 3.55. The van der Waals surface area contributed by atoms with Gasteiger partial charge in [-0.2, -0.15) is 11.8 Å². The van der Waals surface area contributed by atoms with Crippen molar-refractivity contribution in [2.75, 3.05) is 18.6 Å². The largest absolute Gasteiger partial charge is 0.240 e. The van der Waals surface area contributed by atoms with E-state index in [4.69, 9.17) is 11.6 Å². The minimum Gasteiger partial charge on any atom is -0.211 e. The molecule has 0 aliphatic heterocycles. The van der Waals surface area contributed by atoms with Crippen molar-refractivity contribution in [2.24, 2.45) is 0 Å². The number of hydrogen-bond acceptors (Lipinski definition) is 3. The Morgan fingerprint density at radius 2 is 2.11 bits per heavy atom. The Kier molecular flexibility index (Phi) is 7.02. The first-order valence-electron chi connectivity index (χ1n) is 5.41. The molecule has 0 atom stereocenters. The van der Waals surface area contributed by atoms with E-state index >= 15 is 0 Å². The number of nitrogens with one attached hydrogen (secondary N) is 1. The van der Waals surface area contributed by atoms with Gasteiger partial charge in [-0.15, -0.1) is 0 Å². The Balaban J connectivity index is 2.60. The van der Waals surface area contributed by atoms with Gasteiger partial charge in [-0.05, 0) is 59.0 Å². The third-order valence-electron chi connectivity index (χ3n) is 2.27. The van der Waals surface area contributed by atoms with Crippen LogP contribution in [0.25, 0.3) is 0 Å². The molecule has 0 bridgehead atoms. The van der Waals surface area contributed by atoms with Crippen LogP contribution in [-0.4, -0.2) is 27.0 Å². The van der Waals surface area contributed by atoms with Crippen LogP contribution in [0.15, 0.2) is 27.6 Å². The summed E-state index contributed by atoms with van der Waals surface area (Å²) in [5.41, 5.74) is 0. The first-order chi connectivity index (χ1) is 8.47. The fraction of sp³-hybridized carbons (Fsp3) is 0.455. The second-order valence-electron chi connectivity index (χ2n) is 3.67. The summed E-state index contributed by atoms with van der Waals surface area (Å²) in [5, 5.41) is 0.494. The Labute approximate surface area is 126 Å².